The molecule has 0 bridgehead atoms. The lowest BCUT2D eigenvalue weighted by Gasteiger charge is -2.12. The highest BCUT2D eigenvalue weighted by Gasteiger charge is 2.16. The molecule has 0 atom stereocenters. The number of anilines is 2. The number of rotatable bonds is 10. The van der Waals surface area contributed by atoms with Gasteiger partial charge < -0.3 is 26.2 Å². The summed E-state index contributed by atoms with van der Waals surface area (Å²) in [5.41, 5.74) is 1.60. The Morgan fingerprint density at radius 2 is 1.48 bits per heavy atom. The molecule has 0 saturated heterocycles. The van der Waals surface area contributed by atoms with E-state index >= 15 is 0 Å². The van der Waals surface area contributed by atoms with Crippen molar-refractivity contribution >= 4 is 68.8 Å². The number of thioether (sulfide) groups is 1. The van der Waals surface area contributed by atoms with Crippen molar-refractivity contribution in [2.75, 3.05) is 16.4 Å². The third-order valence-electron chi connectivity index (χ3n) is 5.70. The number of aromatic hydroxyl groups is 1. The molecule has 0 aliphatic heterocycles. The molecule has 4 aromatic carbocycles. The number of hydrogen-bond acceptors (Lipinski definition) is 6. The van der Waals surface area contributed by atoms with E-state index in [1.54, 1.807) is 72.8 Å². The van der Waals surface area contributed by atoms with E-state index in [9.17, 15) is 24.3 Å². The van der Waals surface area contributed by atoms with Crippen LogP contribution in [-0.2, 0) is 9.59 Å². The van der Waals surface area contributed by atoms with Crippen molar-refractivity contribution in [2.24, 2.45) is 0 Å². The topological polar surface area (TPSA) is 145 Å². The molecule has 0 unspecified atom stereocenters. The number of carboxylic acid groups (broad SMARTS) is 1. The van der Waals surface area contributed by atoms with Crippen molar-refractivity contribution in [3.05, 3.63) is 124 Å². The zero-order valence-electron chi connectivity index (χ0n) is 21.8. The molecule has 0 spiro atoms. The van der Waals surface area contributed by atoms with Gasteiger partial charge in [-0.15, -0.1) is 11.8 Å². The summed E-state index contributed by atoms with van der Waals surface area (Å²) in [6.45, 7) is 0. The summed E-state index contributed by atoms with van der Waals surface area (Å²) in [5, 5.41) is 26.8. The maximum absolute atomic E-state index is 13.2. The van der Waals surface area contributed by atoms with Gasteiger partial charge in [0.05, 0.1) is 5.75 Å². The second-order valence-electron chi connectivity index (χ2n) is 8.78. The first-order valence-corrected chi connectivity index (χ1v) is 14.2. The Bertz CT molecular complexity index is 1640. The Morgan fingerprint density at radius 3 is 2.14 bits per heavy atom. The molecule has 0 saturated carbocycles. The Labute approximate surface area is 253 Å². The molecule has 0 aliphatic rings. The lowest BCUT2D eigenvalue weighted by atomic mass is 10.1. The molecule has 0 radical (unpaired) electrons. The quantitative estimate of drug-likeness (QED) is 0.0809. The summed E-state index contributed by atoms with van der Waals surface area (Å²) in [7, 11) is 0. The Morgan fingerprint density at radius 1 is 0.810 bits per heavy atom. The minimum Gasteiger partial charge on any atom is -0.507 e. The summed E-state index contributed by atoms with van der Waals surface area (Å²) in [5.74, 6) is -2.96. The third-order valence-corrected chi connectivity index (χ3v) is 7.24. The van der Waals surface area contributed by atoms with E-state index in [1.807, 2.05) is 12.1 Å². The van der Waals surface area contributed by atoms with Gasteiger partial charge in [0.2, 0.25) is 5.91 Å². The van der Waals surface area contributed by atoms with Crippen LogP contribution in [0.2, 0.25) is 0 Å². The van der Waals surface area contributed by atoms with E-state index in [0.29, 0.717) is 16.8 Å². The Hall–Kier alpha value is -4.87. The standard InChI is InChI=1S/C31H24BrN3O6S/c32-21-8-6-19(7-9-21)16-26(35-29(38)20-4-2-1-3-5-20)30(39)34-22-10-13-24(14-11-22)42-18-28(37)33-23-12-15-27(36)25(17-23)31(40)41/h1-17,36H,18H2,(H,33,37)(H,34,39)(H,35,38)(H,40,41)/b26-16-. The van der Waals surface area contributed by atoms with Crippen molar-refractivity contribution in [2.45, 2.75) is 4.90 Å². The Kier molecular flexibility index (Phi) is 10.1. The molecular formula is C31H24BrN3O6S. The molecule has 0 aliphatic carbocycles. The maximum atomic E-state index is 13.2. The highest BCUT2D eigenvalue weighted by molar-refractivity contribution is 9.10. The van der Waals surface area contributed by atoms with Crippen LogP contribution in [0.4, 0.5) is 11.4 Å². The van der Waals surface area contributed by atoms with E-state index < -0.39 is 23.5 Å². The fourth-order valence-electron chi connectivity index (χ4n) is 3.63. The van der Waals surface area contributed by atoms with Crippen LogP contribution < -0.4 is 16.0 Å². The van der Waals surface area contributed by atoms with Crippen molar-refractivity contribution < 1.29 is 29.4 Å². The average Bonchev–Trinajstić information content (AvgIpc) is 2.98. The van der Waals surface area contributed by atoms with Crippen LogP contribution >= 0.6 is 27.7 Å². The molecular weight excluding hydrogens is 622 g/mol. The predicted molar refractivity (Wildman–Crippen MR) is 166 cm³/mol. The van der Waals surface area contributed by atoms with Crippen molar-refractivity contribution in [3.8, 4) is 5.75 Å². The van der Waals surface area contributed by atoms with Crippen LogP contribution in [0.25, 0.3) is 6.08 Å². The Balaban J connectivity index is 1.39. The molecule has 212 valence electrons. The lowest BCUT2D eigenvalue weighted by Crippen LogP contribution is -2.30. The van der Waals surface area contributed by atoms with E-state index in [4.69, 9.17) is 5.11 Å². The van der Waals surface area contributed by atoms with Gasteiger partial charge in [-0.1, -0.05) is 46.3 Å². The number of carbonyl (C=O) groups excluding carboxylic acids is 3. The lowest BCUT2D eigenvalue weighted by molar-refractivity contribution is -0.114. The van der Waals surface area contributed by atoms with E-state index in [0.717, 1.165) is 9.37 Å². The summed E-state index contributed by atoms with van der Waals surface area (Å²) in [6, 6.07) is 26.4. The van der Waals surface area contributed by atoms with Crippen LogP contribution in [0.3, 0.4) is 0 Å². The number of amides is 3. The summed E-state index contributed by atoms with van der Waals surface area (Å²) in [6.07, 6.45) is 1.58. The number of nitrogens with one attached hydrogen (secondary N) is 3. The van der Waals surface area contributed by atoms with Crippen LogP contribution in [-0.4, -0.2) is 39.7 Å². The normalized spacial score (nSPS) is 10.9. The number of aromatic carboxylic acids is 1. The highest BCUT2D eigenvalue weighted by Crippen LogP contribution is 2.24. The molecule has 5 N–H and O–H groups in total. The van der Waals surface area contributed by atoms with Crippen molar-refractivity contribution in [3.63, 3.8) is 0 Å². The zero-order chi connectivity index (χ0) is 30.1. The number of halogens is 1. The molecule has 4 aromatic rings. The van der Waals surface area contributed by atoms with Gasteiger partial charge in [0, 0.05) is 26.3 Å². The summed E-state index contributed by atoms with van der Waals surface area (Å²) in [4.78, 5) is 50.3. The predicted octanol–water partition coefficient (Wildman–Crippen LogP) is 5.99. The largest absolute Gasteiger partial charge is 0.507 e. The van der Waals surface area contributed by atoms with Crippen molar-refractivity contribution in [1.29, 1.82) is 0 Å². The zero-order valence-corrected chi connectivity index (χ0v) is 24.2. The van der Waals surface area contributed by atoms with Gasteiger partial charge in [-0.2, -0.15) is 0 Å². The first-order chi connectivity index (χ1) is 20.2. The molecule has 0 fully saturated rings. The van der Waals surface area contributed by atoms with Gasteiger partial charge in [0.1, 0.15) is 17.0 Å². The minimum absolute atomic E-state index is 0.0422. The van der Waals surface area contributed by atoms with Crippen LogP contribution in [0.5, 0.6) is 5.75 Å². The molecule has 3 amide bonds. The van der Waals surface area contributed by atoms with Crippen LogP contribution in [0, 0.1) is 0 Å². The molecule has 42 heavy (non-hydrogen) atoms. The SMILES string of the molecule is O=C(CSc1ccc(NC(=O)/C(=C/c2ccc(Br)cc2)NC(=O)c2ccccc2)cc1)Nc1ccc(O)c(C(=O)O)c1. The second-order valence-corrected chi connectivity index (χ2v) is 10.7. The van der Waals surface area contributed by atoms with Crippen molar-refractivity contribution in [1.82, 2.24) is 5.32 Å². The molecule has 11 heteroatoms. The minimum atomic E-state index is -1.31. The number of carbonyl (C=O) groups is 4. The fraction of sp³-hybridized carbons (Fsp3) is 0.0323. The van der Waals surface area contributed by atoms with Gasteiger partial charge in [0.25, 0.3) is 11.8 Å². The fourth-order valence-corrected chi connectivity index (χ4v) is 4.59. The third kappa shape index (κ3) is 8.56. The monoisotopic (exact) mass is 645 g/mol. The number of carboxylic acids is 1. The van der Waals surface area contributed by atoms with Gasteiger partial charge in [-0.05, 0) is 78.4 Å². The first kappa shape index (κ1) is 30.1. The average molecular weight is 647 g/mol. The van der Waals surface area contributed by atoms with Crippen LogP contribution in [0.1, 0.15) is 26.3 Å². The van der Waals surface area contributed by atoms with Crippen LogP contribution in [0.15, 0.2) is 112 Å². The number of benzene rings is 4. The molecule has 9 nitrogen and oxygen atoms in total. The van der Waals surface area contributed by atoms with Gasteiger partial charge in [-0.3, -0.25) is 14.4 Å². The van der Waals surface area contributed by atoms with Gasteiger partial charge >= 0.3 is 5.97 Å². The second kappa shape index (κ2) is 14.2. The first-order valence-electron chi connectivity index (χ1n) is 12.4. The smallest absolute Gasteiger partial charge is 0.339 e. The molecule has 0 heterocycles. The van der Waals surface area contributed by atoms with E-state index in [2.05, 4.69) is 31.9 Å². The number of hydrogen-bond donors (Lipinski definition) is 5. The molecule has 0 aromatic heterocycles. The van der Waals surface area contributed by atoms with E-state index in [-0.39, 0.29) is 28.6 Å². The van der Waals surface area contributed by atoms with Gasteiger partial charge in [-0.25, -0.2) is 4.79 Å². The molecule has 4 rings (SSSR count). The van der Waals surface area contributed by atoms with Gasteiger partial charge in [0.15, 0.2) is 0 Å². The summed E-state index contributed by atoms with van der Waals surface area (Å²) >= 11 is 4.62. The highest BCUT2D eigenvalue weighted by atomic mass is 79.9. The van der Waals surface area contributed by atoms with E-state index in [1.165, 1.54) is 30.0 Å². The maximum Gasteiger partial charge on any atom is 0.339 e. The number of phenols is 1. The summed E-state index contributed by atoms with van der Waals surface area (Å²) < 4.78 is 0.877.